The van der Waals surface area contributed by atoms with Crippen molar-refractivity contribution in [2.45, 2.75) is 58.3 Å². The lowest BCUT2D eigenvalue weighted by Gasteiger charge is -2.45. The summed E-state index contributed by atoms with van der Waals surface area (Å²) in [5.41, 5.74) is 1.11. The van der Waals surface area contributed by atoms with Gasteiger partial charge in [0.05, 0.1) is 6.61 Å². The van der Waals surface area contributed by atoms with Gasteiger partial charge in [0.2, 0.25) is 0 Å². The highest BCUT2D eigenvalue weighted by molar-refractivity contribution is 4.93. The third-order valence-electron chi connectivity index (χ3n) is 6.29. The molecule has 2 aliphatic heterocycles. The molecule has 1 saturated carbocycles. The minimum atomic E-state index is 0.369. The molecule has 1 spiro atoms. The third-order valence-corrected chi connectivity index (χ3v) is 6.29. The van der Waals surface area contributed by atoms with Crippen LogP contribution in [0.4, 0.5) is 0 Å². The Labute approximate surface area is 130 Å². The number of piperidine rings is 1. The summed E-state index contributed by atoms with van der Waals surface area (Å²) >= 11 is 0. The number of nitrogens with zero attached hydrogens (tertiary/aromatic N) is 1. The summed E-state index contributed by atoms with van der Waals surface area (Å²) < 4.78 is 5.85. The fourth-order valence-electron chi connectivity index (χ4n) is 4.91. The minimum absolute atomic E-state index is 0.369. The van der Waals surface area contributed by atoms with E-state index >= 15 is 0 Å². The Morgan fingerprint density at radius 2 is 1.76 bits per heavy atom. The molecule has 2 heterocycles. The lowest BCUT2D eigenvalue weighted by Crippen LogP contribution is -2.51. The average molecular weight is 294 g/mol. The van der Waals surface area contributed by atoms with E-state index in [0.717, 1.165) is 31.7 Å². The number of hydrogen-bond acceptors (Lipinski definition) is 3. The second kappa shape index (κ2) is 6.97. The van der Waals surface area contributed by atoms with E-state index in [1.54, 1.807) is 0 Å². The Morgan fingerprint density at radius 1 is 1.00 bits per heavy atom. The minimum Gasteiger partial charge on any atom is -0.381 e. The van der Waals surface area contributed by atoms with Crippen molar-refractivity contribution >= 4 is 0 Å². The number of likely N-dealkylation sites (tertiary alicyclic amines) is 1. The SMILES string of the molecule is CCNCC1(CN2CCC3(CCCC3)CC2)CCCOC1. The van der Waals surface area contributed by atoms with Crippen molar-refractivity contribution in [1.82, 2.24) is 10.2 Å². The smallest absolute Gasteiger partial charge is 0.0546 e. The molecule has 1 atom stereocenters. The predicted molar refractivity (Wildman–Crippen MR) is 87.6 cm³/mol. The van der Waals surface area contributed by atoms with Gasteiger partial charge in [-0.1, -0.05) is 19.8 Å². The molecule has 21 heavy (non-hydrogen) atoms. The molecule has 0 amide bonds. The summed E-state index contributed by atoms with van der Waals surface area (Å²) in [5.74, 6) is 0. The number of hydrogen-bond donors (Lipinski definition) is 1. The standard InChI is InChI=1S/C18H34N2O/c1-2-19-14-18(8-5-13-21-16-18)15-20-11-9-17(10-12-20)6-3-4-7-17/h19H,2-16H2,1H3. The van der Waals surface area contributed by atoms with Crippen LogP contribution in [0, 0.1) is 10.8 Å². The summed E-state index contributed by atoms with van der Waals surface area (Å²) in [6.45, 7) is 10.2. The lowest BCUT2D eigenvalue weighted by atomic mass is 9.75. The molecule has 0 aromatic carbocycles. The van der Waals surface area contributed by atoms with Crippen LogP contribution in [0.5, 0.6) is 0 Å². The first-order chi connectivity index (χ1) is 10.3. The molecule has 0 aromatic rings. The van der Waals surface area contributed by atoms with Crippen molar-refractivity contribution in [1.29, 1.82) is 0 Å². The van der Waals surface area contributed by atoms with Crippen LogP contribution in [0.3, 0.4) is 0 Å². The van der Waals surface area contributed by atoms with Gasteiger partial charge in [0.15, 0.2) is 0 Å². The summed E-state index contributed by atoms with van der Waals surface area (Å²) in [4.78, 5) is 2.75. The molecule has 2 saturated heterocycles. The van der Waals surface area contributed by atoms with Crippen LogP contribution in [-0.2, 0) is 4.74 Å². The number of rotatable bonds is 5. The normalized spacial score (nSPS) is 33.6. The van der Waals surface area contributed by atoms with Crippen molar-refractivity contribution in [3.8, 4) is 0 Å². The van der Waals surface area contributed by atoms with Gasteiger partial charge in [-0.2, -0.15) is 0 Å². The Bertz CT molecular complexity index is 309. The first-order valence-corrected chi connectivity index (χ1v) is 9.27. The van der Waals surface area contributed by atoms with E-state index in [4.69, 9.17) is 4.74 Å². The Morgan fingerprint density at radius 3 is 2.38 bits per heavy atom. The maximum Gasteiger partial charge on any atom is 0.0546 e. The number of nitrogens with one attached hydrogen (secondary N) is 1. The van der Waals surface area contributed by atoms with Crippen LogP contribution in [0.25, 0.3) is 0 Å². The molecule has 3 nitrogen and oxygen atoms in total. The fourth-order valence-corrected chi connectivity index (χ4v) is 4.91. The van der Waals surface area contributed by atoms with Crippen LogP contribution >= 0.6 is 0 Å². The van der Waals surface area contributed by atoms with Gasteiger partial charge in [-0.25, -0.2) is 0 Å². The summed E-state index contributed by atoms with van der Waals surface area (Å²) in [6.07, 6.45) is 11.5. The highest BCUT2D eigenvalue weighted by atomic mass is 16.5. The molecule has 0 bridgehead atoms. The van der Waals surface area contributed by atoms with Crippen molar-refractivity contribution in [2.75, 3.05) is 45.9 Å². The summed E-state index contributed by atoms with van der Waals surface area (Å²) in [6, 6.07) is 0. The van der Waals surface area contributed by atoms with Gasteiger partial charge in [-0.3, -0.25) is 0 Å². The summed E-state index contributed by atoms with van der Waals surface area (Å²) in [5, 5.41) is 3.59. The van der Waals surface area contributed by atoms with E-state index in [1.165, 1.54) is 71.0 Å². The van der Waals surface area contributed by atoms with Gasteiger partial charge in [-0.15, -0.1) is 0 Å². The first-order valence-electron chi connectivity index (χ1n) is 9.27. The lowest BCUT2D eigenvalue weighted by molar-refractivity contribution is -0.0351. The van der Waals surface area contributed by atoms with E-state index in [1.807, 2.05) is 0 Å². The monoisotopic (exact) mass is 294 g/mol. The van der Waals surface area contributed by atoms with Crippen molar-refractivity contribution in [2.24, 2.45) is 10.8 Å². The predicted octanol–water partition coefficient (Wildman–Crippen LogP) is 3.05. The van der Waals surface area contributed by atoms with Gasteiger partial charge in [-0.05, 0) is 63.6 Å². The van der Waals surface area contributed by atoms with Gasteiger partial charge in [0, 0.05) is 25.1 Å². The van der Waals surface area contributed by atoms with Gasteiger partial charge < -0.3 is 15.0 Å². The zero-order valence-corrected chi connectivity index (χ0v) is 14.0. The van der Waals surface area contributed by atoms with Crippen LogP contribution in [0.15, 0.2) is 0 Å². The fraction of sp³-hybridized carbons (Fsp3) is 1.00. The molecule has 0 aromatic heterocycles. The highest BCUT2D eigenvalue weighted by Crippen LogP contribution is 2.46. The Kier molecular flexibility index (Phi) is 5.23. The number of ether oxygens (including phenoxy) is 1. The molecule has 1 aliphatic carbocycles. The third kappa shape index (κ3) is 3.80. The summed E-state index contributed by atoms with van der Waals surface area (Å²) in [7, 11) is 0. The topological polar surface area (TPSA) is 24.5 Å². The largest absolute Gasteiger partial charge is 0.381 e. The van der Waals surface area contributed by atoms with Gasteiger partial charge >= 0.3 is 0 Å². The molecule has 1 unspecified atom stereocenters. The molecule has 3 fully saturated rings. The van der Waals surface area contributed by atoms with E-state index in [9.17, 15) is 0 Å². The molecule has 3 aliphatic rings. The van der Waals surface area contributed by atoms with E-state index in [0.29, 0.717) is 5.41 Å². The highest BCUT2D eigenvalue weighted by Gasteiger charge is 2.40. The maximum atomic E-state index is 5.85. The van der Waals surface area contributed by atoms with Crippen LogP contribution in [-0.4, -0.2) is 50.8 Å². The van der Waals surface area contributed by atoms with Gasteiger partial charge in [0.1, 0.15) is 0 Å². The van der Waals surface area contributed by atoms with Crippen LogP contribution in [0.2, 0.25) is 0 Å². The zero-order valence-electron chi connectivity index (χ0n) is 14.0. The van der Waals surface area contributed by atoms with Gasteiger partial charge in [0.25, 0.3) is 0 Å². The molecular formula is C18H34N2O. The second-order valence-corrected chi connectivity index (χ2v) is 7.92. The van der Waals surface area contributed by atoms with Crippen molar-refractivity contribution in [3.63, 3.8) is 0 Å². The molecule has 3 rings (SSSR count). The maximum absolute atomic E-state index is 5.85. The van der Waals surface area contributed by atoms with Crippen LogP contribution in [0.1, 0.15) is 58.3 Å². The quantitative estimate of drug-likeness (QED) is 0.843. The zero-order chi connectivity index (χ0) is 14.6. The van der Waals surface area contributed by atoms with E-state index < -0.39 is 0 Å². The first kappa shape index (κ1) is 15.8. The van der Waals surface area contributed by atoms with Crippen molar-refractivity contribution < 1.29 is 4.74 Å². The molecule has 1 N–H and O–H groups in total. The molecule has 3 heteroatoms. The average Bonchev–Trinajstić information content (AvgIpc) is 2.97. The van der Waals surface area contributed by atoms with E-state index in [2.05, 4.69) is 17.1 Å². The molecule has 0 radical (unpaired) electrons. The molecular weight excluding hydrogens is 260 g/mol. The van der Waals surface area contributed by atoms with Crippen molar-refractivity contribution in [3.05, 3.63) is 0 Å². The van der Waals surface area contributed by atoms with E-state index in [-0.39, 0.29) is 0 Å². The van der Waals surface area contributed by atoms with Crippen LogP contribution < -0.4 is 5.32 Å². The Balaban J connectivity index is 1.53. The second-order valence-electron chi connectivity index (χ2n) is 7.92. The Hall–Kier alpha value is -0.120. The molecule has 122 valence electrons.